The topological polar surface area (TPSA) is 35.6 Å². The molecular formula is C40H24N4S. The molecule has 0 saturated carbocycles. The maximum atomic E-state index is 4.76. The Balaban J connectivity index is 1.46. The third kappa shape index (κ3) is 3.41. The van der Waals surface area contributed by atoms with Crippen LogP contribution in [0.2, 0.25) is 0 Å². The first-order valence-electron chi connectivity index (χ1n) is 15.1. The number of fused-ring (bicyclic) bond motifs is 12. The van der Waals surface area contributed by atoms with Crippen molar-refractivity contribution in [3.8, 4) is 22.5 Å². The van der Waals surface area contributed by atoms with Crippen LogP contribution < -0.4 is 0 Å². The van der Waals surface area contributed by atoms with E-state index in [0.29, 0.717) is 0 Å². The Labute approximate surface area is 262 Å². The Morgan fingerprint density at radius 2 is 1.04 bits per heavy atom. The Morgan fingerprint density at radius 3 is 1.78 bits per heavy atom. The van der Waals surface area contributed by atoms with Crippen LogP contribution in [0.1, 0.15) is 0 Å². The fourth-order valence-corrected chi connectivity index (χ4v) is 8.39. The molecule has 0 atom stereocenters. The minimum Gasteiger partial charge on any atom is -0.309 e. The van der Waals surface area contributed by atoms with Crippen LogP contribution >= 0.6 is 11.3 Å². The molecule has 0 saturated heterocycles. The summed E-state index contributed by atoms with van der Waals surface area (Å²) >= 11 is 1.76. The molecular weight excluding hydrogens is 569 g/mol. The average Bonchev–Trinajstić information content (AvgIpc) is 3.77. The summed E-state index contributed by atoms with van der Waals surface area (Å²) in [5.41, 5.74) is 9.48. The highest BCUT2D eigenvalue weighted by Crippen LogP contribution is 2.50. The van der Waals surface area contributed by atoms with Crippen molar-refractivity contribution in [2.45, 2.75) is 0 Å². The van der Waals surface area contributed by atoms with Crippen LogP contribution in [0.4, 0.5) is 0 Å². The van der Waals surface area contributed by atoms with E-state index < -0.39 is 0 Å². The standard InChI is InChI=1S/C40H24N4S/c1-3-11-25(12-4-1)26-19-21-28(22-20-26)43-32-17-9-7-15-29(32)34-35-31-23-41-24-42-40(31)45-39(35)38-36(37(34)43)30-16-8-10-18-33(30)44(38)27-13-5-2-6-14-27/h1-24H. The zero-order chi connectivity index (χ0) is 29.5. The molecule has 4 heterocycles. The molecule has 210 valence electrons. The summed E-state index contributed by atoms with van der Waals surface area (Å²) in [6, 6.07) is 47.9. The van der Waals surface area contributed by atoms with Gasteiger partial charge in [0.2, 0.25) is 0 Å². The molecule has 5 heteroatoms. The summed E-state index contributed by atoms with van der Waals surface area (Å²) in [6.45, 7) is 0. The van der Waals surface area contributed by atoms with Crippen LogP contribution in [0.5, 0.6) is 0 Å². The molecule has 0 radical (unpaired) electrons. The third-order valence-electron chi connectivity index (χ3n) is 9.07. The quantitative estimate of drug-likeness (QED) is 0.205. The minimum absolute atomic E-state index is 1.00. The van der Waals surface area contributed by atoms with Crippen molar-refractivity contribution in [3.05, 3.63) is 146 Å². The zero-order valence-corrected chi connectivity index (χ0v) is 24.9. The highest BCUT2D eigenvalue weighted by atomic mass is 32.1. The second kappa shape index (κ2) is 9.36. The number of thiophene rings is 1. The van der Waals surface area contributed by atoms with Gasteiger partial charge in [0.15, 0.2) is 0 Å². The van der Waals surface area contributed by atoms with Crippen LogP contribution in [0, 0.1) is 0 Å². The van der Waals surface area contributed by atoms with E-state index >= 15 is 0 Å². The van der Waals surface area contributed by atoms with Gasteiger partial charge in [0.1, 0.15) is 11.2 Å². The molecule has 0 N–H and O–H groups in total. The number of para-hydroxylation sites is 3. The molecule has 0 amide bonds. The molecule has 10 aromatic rings. The maximum absolute atomic E-state index is 4.76. The number of aromatic nitrogens is 4. The van der Waals surface area contributed by atoms with Crippen LogP contribution in [0.15, 0.2) is 146 Å². The van der Waals surface area contributed by atoms with Crippen LogP contribution in [0.25, 0.3) is 86.4 Å². The van der Waals surface area contributed by atoms with Crippen molar-refractivity contribution < 1.29 is 0 Å². The van der Waals surface area contributed by atoms with Crippen molar-refractivity contribution in [1.29, 1.82) is 0 Å². The van der Waals surface area contributed by atoms with Gasteiger partial charge in [-0.15, -0.1) is 11.3 Å². The second-order valence-corrected chi connectivity index (χ2v) is 12.4. The summed E-state index contributed by atoms with van der Waals surface area (Å²) in [5, 5.41) is 7.27. The predicted octanol–water partition coefficient (Wildman–Crippen LogP) is 10.7. The van der Waals surface area contributed by atoms with E-state index in [4.69, 9.17) is 4.98 Å². The molecule has 0 spiro atoms. The van der Waals surface area contributed by atoms with Crippen molar-refractivity contribution in [1.82, 2.24) is 19.1 Å². The maximum Gasteiger partial charge on any atom is 0.127 e. The lowest BCUT2D eigenvalue weighted by Gasteiger charge is -2.12. The zero-order valence-electron chi connectivity index (χ0n) is 24.1. The monoisotopic (exact) mass is 592 g/mol. The van der Waals surface area contributed by atoms with Gasteiger partial charge in [-0.3, -0.25) is 0 Å². The second-order valence-electron chi connectivity index (χ2n) is 11.4. The number of nitrogens with zero attached hydrogens (tertiary/aromatic N) is 4. The number of hydrogen-bond donors (Lipinski definition) is 0. The summed E-state index contributed by atoms with van der Waals surface area (Å²) in [5.74, 6) is 0. The Hall–Kier alpha value is -5.78. The van der Waals surface area contributed by atoms with Gasteiger partial charge in [0.25, 0.3) is 0 Å². The van der Waals surface area contributed by atoms with Gasteiger partial charge >= 0.3 is 0 Å². The SMILES string of the molecule is c1ccc(-c2ccc(-n3c4ccccc4c4c5c6cncnc6sc5c5c(c6ccccc6n5-c5ccccc5)c43)cc2)cc1. The highest BCUT2D eigenvalue weighted by Gasteiger charge is 2.26. The molecule has 0 aliphatic rings. The van der Waals surface area contributed by atoms with Gasteiger partial charge in [-0.2, -0.15) is 0 Å². The van der Waals surface area contributed by atoms with E-state index in [-0.39, 0.29) is 0 Å². The number of hydrogen-bond acceptors (Lipinski definition) is 3. The summed E-state index contributed by atoms with van der Waals surface area (Å²) < 4.78 is 6.14. The molecule has 0 aliphatic carbocycles. The Bertz CT molecular complexity index is 2730. The van der Waals surface area contributed by atoms with Gasteiger partial charge in [-0.25, -0.2) is 9.97 Å². The molecule has 0 unspecified atom stereocenters. The van der Waals surface area contributed by atoms with E-state index in [2.05, 4.69) is 148 Å². The third-order valence-corrected chi connectivity index (χ3v) is 10.2. The summed E-state index contributed by atoms with van der Waals surface area (Å²) in [6.07, 6.45) is 3.65. The Morgan fingerprint density at radius 1 is 0.467 bits per heavy atom. The molecule has 4 aromatic heterocycles. The Kier molecular flexibility index (Phi) is 5.12. The van der Waals surface area contributed by atoms with Gasteiger partial charge in [-0.1, -0.05) is 97.1 Å². The van der Waals surface area contributed by atoms with E-state index in [9.17, 15) is 0 Å². The van der Waals surface area contributed by atoms with E-state index in [1.807, 2.05) is 6.20 Å². The number of benzene rings is 6. The summed E-state index contributed by atoms with van der Waals surface area (Å²) in [7, 11) is 0. The van der Waals surface area contributed by atoms with Gasteiger partial charge in [-0.05, 0) is 47.5 Å². The highest BCUT2D eigenvalue weighted by molar-refractivity contribution is 7.26. The molecule has 6 aromatic carbocycles. The molecule has 10 rings (SSSR count). The van der Waals surface area contributed by atoms with Gasteiger partial charge in [0, 0.05) is 49.9 Å². The van der Waals surface area contributed by atoms with Crippen LogP contribution in [0.3, 0.4) is 0 Å². The van der Waals surface area contributed by atoms with Crippen molar-refractivity contribution in [2.75, 3.05) is 0 Å². The lowest BCUT2D eigenvalue weighted by atomic mass is 10.0. The number of rotatable bonds is 3. The molecule has 4 nitrogen and oxygen atoms in total. The lowest BCUT2D eigenvalue weighted by molar-refractivity contribution is 1.18. The van der Waals surface area contributed by atoms with E-state index in [1.54, 1.807) is 17.7 Å². The van der Waals surface area contributed by atoms with Crippen molar-refractivity contribution >= 4 is 75.3 Å². The smallest absolute Gasteiger partial charge is 0.127 e. The molecule has 45 heavy (non-hydrogen) atoms. The molecule has 0 aliphatic heterocycles. The first-order valence-corrected chi connectivity index (χ1v) is 15.9. The average molecular weight is 593 g/mol. The lowest BCUT2D eigenvalue weighted by Crippen LogP contribution is -1.96. The first kappa shape index (κ1) is 24.6. The molecule has 0 bridgehead atoms. The van der Waals surface area contributed by atoms with Gasteiger partial charge < -0.3 is 9.13 Å². The normalized spacial score (nSPS) is 12.0. The molecule has 0 fully saturated rings. The largest absolute Gasteiger partial charge is 0.309 e. The van der Waals surface area contributed by atoms with E-state index in [1.165, 1.54) is 64.8 Å². The minimum atomic E-state index is 1.00. The van der Waals surface area contributed by atoms with Crippen molar-refractivity contribution in [2.24, 2.45) is 0 Å². The fraction of sp³-hybridized carbons (Fsp3) is 0. The van der Waals surface area contributed by atoms with Crippen LogP contribution in [-0.2, 0) is 0 Å². The fourth-order valence-electron chi connectivity index (χ4n) is 7.23. The van der Waals surface area contributed by atoms with E-state index in [0.717, 1.165) is 21.6 Å². The van der Waals surface area contributed by atoms with Gasteiger partial charge in [0.05, 0.1) is 26.8 Å². The first-order chi connectivity index (χ1) is 22.4. The van der Waals surface area contributed by atoms with Crippen molar-refractivity contribution in [3.63, 3.8) is 0 Å². The predicted molar refractivity (Wildman–Crippen MR) is 189 cm³/mol. The summed E-state index contributed by atoms with van der Waals surface area (Å²) in [4.78, 5) is 10.3. The van der Waals surface area contributed by atoms with Crippen LogP contribution in [-0.4, -0.2) is 19.1 Å².